The average Bonchev–Trinajstić information content (AvgIpc) is 3.14. The Morgan fingerprint density at radius 3 is 2.66 bits per heavy atom. The topological polar surface area (TPSA) is 57.0 Å². The molecule has 2 aromatic carbocycles. The van der Waals surface area contributed by atoms with Gasteiger partial charge in [0.15, 0.2) is 0 Å². The molecule has 2 heterocycles. The fraction of sp³-hybridized carbons (Fsp3) is 0.136. The van der Waals surface area contributed by atoms with Gasteiger partial charge in [0.25, 0.3) is 0 Å². The SMILES string of the molecule is COC(=O)[C@@H](C)Sc1ncnc2c1c(-c1ccccc1)cn2-c1cccc(F)c1. The molecule has 7 heteroatoms. The second kappa shape index (κ2) is 8.05. The number of benzene rings is 2. The van der Waals surface area contributed by atoms with Crippen molar-refractivity contribution in [2.24, 2.45) is 0 Å². The Balaban J connectivity index is 1.95. The molecule has 5 nitrogen and oxygen atoms in total. The molecule has 146 valence electrons. The van der Waals surface area contributed by atoms with Crippen molar-refractivity contribution < 1.29 is 13.9 Å². The van der Waals surface area contributed by atoms with Crippen molar-refractivity contribution >= 4 is 28.8 Å². The largest absolute Gasteiger partial charge is 0.468 e. The van der Waals surface area contributed by atoms with E-state index in [9.17, 15) is 9.18 Å². The van der Waals surface area contributed by atoms with Gasteiger partial charge in [0.2, 0.25) is 0 Å². The molecule has 0 saturated heterocycles. The van der Waals surface area contributed by atoms with Gasteiger partial charge in [-0.1, -0.05) is 48.2 Å². The van der Waals surface area contributed by atoms with Gasteiger partial charge in [-0.2, -0.15) is 0 Å². The lowest BCUT2D eigenvalue weighted by Crippen LogP contribution is -2.14. The molecule has 0 bridgehead atoms. The summed E-state index contributed by atoms with van der Waals surface area (Å²) in [5.74, 6) is -0.652. The minimum absolute atomic E-state index is 0.325. The van der Waals surface area contributed by atoms with E-state index in [1.165, 1.54) is 37.3 Å². The first-order valence-corrected chi connectivity index (χ1v) is 9.88. The number of fused-ring (bicyclic) bond motifs is 1. The Labute approximate surface area is 171 Å². The predicted molar refractivity (Wildman–Crippen MR) is 112 cm³/mol. The fourth-order valence-corrected chi connectivity index (χ4v) is 4.12. The minimum Gasteiger partial charge on any atom is -0.468 e. The maximum absolute atomic E-state index is 13.9. The summed E-state index contributed by atoms with van der Waals surface area (Å²) in [6.07, 6.45) is 3.38. The van der Waals surface area contributed by atoms with E-state index in [0.29, 0.717) is 16.4 Å². The van der Waals surface area contributed by atoms with Crippen LogP contribution < -0.4 is 0 Å². The molecule has 0 radical (unpaired) electrons. The van der Waals surface area contributed by atoms with Crippen molar-refractivity contribution in [3.63, 3.8) is 0 Å². The smallest absolute Gasteiger partial charge is 0.318 e. The van der Waals surface area contributed by atoms with E-state index in [4.69, 9.17) is 4.74 Å². The van der Waals surface area contributed by atoms with Crippen molar-refractivity contribution in [2.45, 2.75) is 17.2 Å². The molecule has 0 unspecified atom stereocenters. The maximum Gasteiger partial charge on any atom is 0.318 e. The highest BCUT2D eigenvalue weighted by Crippen LogP contribution is 2.38. The number of halogens is 1. The lowest BCUT2D eigenvalue weighted by Gasteiger charge is -2.10. The molecule has 4 aromatic rings. The third-order valence-corrected chi connectivity index (χ3v) is 5.62. The number of esters is 1. The van der Waals surface area contributed by atoms with Crippen molar-refractivity contribution in [1.29, 1.82) is 0 Å². The zero-order valence-corrected chi connectivity index (χ0v) is 16.7. The number of thioether (sulfide) groups is 1. The maximum atomic E-state index is 13.9. The van der Waals surface area contributed by atoms with Gasteiger partial charge in [0, 0.05) is 17.4 Å². The van der Waals surface area contributed by atoms with Crippen molar-refractivity contribution in [3.8, 4) is 16.8 Å². The Bertz CT molecular complexity index is 1180. The molecule has 0 fully saturated rings. The number of ether oxygens (including phenoxy) is 1. The van der Waals surface area contributed by atoms with Gasteiger partial charge in [-0.15, -0.1) is 0 Å². The van der Waals surface area contributed by atoms with Crippen LogP contribution in [0.5, 0.6) is 0 Å². The van der Waals surface area contributed by atoms with Crippen LogP contribution in [-0.4, -0.2) is 32.9 Å². The first kappa shape index (κ1) is 19.1. The van der Waals surface area contributed by atoms with Crippen molar-refractivity contribution in [3.05, 3.63) is 72.9 Å². The summed E-state index contributed by atoms with van der Waals surface area (Å²) in [7, 11) is 1.37. The first-order chi connectivity index (χ1) is 14.1. The lowest BCUT2D eigenvalue weighted by molar-refractivity contribution is -0.139. The molecular formula is C22H18FN3O2S. The summed E-state index contributed by atoms with van der Waals surface area (Å²) in [4.78, 5) is 20.8. The molecule has 0 spiro atoms. The van der Waals surface area contributed by atoms with E-state index in [-0.39, 0.29) is 11.8 Å². The van der Waals surface area contributed by atoms with Crippen LogP contribution >= 0.6 is 11.8 Å². The fourth-order valence-electron chi connectivity index (χ4n) is 3.16. The van der Waals surface area contributed by atoms with E-state index in [2.05, 4.69) is 9.97 Å². The molecule has 0 aliphatic carbocycles. The molecule has 0 aliphatic rings. The Morgan fingerprint density at radius 2 is 1.93 bits per heavy atom. The average molecular weight is 407 g/mol. The molecule has 0 N–H and O–H groups in total. The van der Waals surface area contributed by atoms with Crippen LogP contribution in [0.3, 0.4) is 0 Å². The lowest BCUT2D eigenvalue weighted by atomic mass is 10.1. The van der Waals surface area contributed by atoms with Gasteiger partial charge >= 0.3 is 5.97 Å². The van der Waals surface area contributed by atoms with E-state index in [0.717, 1.165) is 16.5 Å². The number of carbonyl (C=O) groups excluding carboxylic acids is 1. The molecule has 0 amide bonds. The summed E-state index contributed by atoms with van der Waals surface area (Å²) < 4.78 is 20.6. The molecule has 0 aliphatic heterocycles. The summed E-state index contributed by atoms with van der Waals surface area (Å²) in [5, 5.41) is 1.05. The summed E-state index contributed by atoms with van der Waals surface area (Å²) >= 11 is 1.31. The zero-order valence-electron chi connectivity index (χ0n) is 15.9. The number of rotatable bonds is 5. The van der Waals surface area contributed by atoms with Gasteiger partial charge < -0.3 is 9.30 Å². The van der Waals surface area contributed by atoms with Crippen LogP contribution in [0.4, 0.5) is 4.39 Å². The van der Waals surface area contributed by atoms with Gasteiger partial charge in [-0.3, -0.25) is 4.79 Å². The van der Waals surface area contributed by atoms with Gasteiger partial charge in [-0.05, 0) is 30.7 Å². The highest BCUT2D eigenvalue weighted by molar-refractivity contribution is 8.00. The summed E-state index contributed by atoms with van der Waals surface area (Å²) in [6, 6.07) is 16.2. The Kier molecular flexibility index (Phi) is 5.31. The number of nitrogens with zero attached hydrogens (tertiary/aromatic N) is 3. The molecule has 1 atom stereocenters. The standard InChI is InChI=1S/C22H18FN3O2S/c1-14(22(27)28-2)29-21-19-18(15-7-4-3-5-8-15)12-26(20(19)24-13-25-21)17-10-6-9-16(23)11-17/h3-14H,1-2H3/t14-/m1/s1. The molecule has 0 saturated carbocycles. The summed E-state index contributed by atoms with van der Waals surface area (Å²) in [5.41, 5.74) is 3.19. The van der Waals surface area contributed by atoms with E-state index >= 15 is 0 Å². The second-order valence-electron chi connectivity index (χ2n) is 6.42. The monoisotopic (exact) mass is 407 g/mol. The normalized spacial score (nSPS) is 12.1. The Morgan fingerprint density at radius 1 is 1.14 bits per heavy atom. The van der Waals surface area contributed by atoms with Gasteiger partial charge in [-0.25, -0.2) is 14.4 Å². The zero-order chi connectivity index (χ0) is 20.4. The number of carbonyl (C=O) groups is 1. The van der Waals surface area contributed by atoms with Crippen molar-refractivity contribution in [2.75, 3.05) is 7.11 Å². The van der Waals surface area contributed by atoms with Crippen LogP contribution in [0, 0.1) is 5.82 Å². The molecule has 4 rings (SSSR count). The third kappa shape index (κ3) is 3.73. The number of hydrogen-bond acceptors (Lipinski definition) is 5. The van der Waals surface area contributed by atoms with Crippen LogP contribution in [0.1, 0.15) is 6.92 Å². The molecule has 2 aromatic heterocycles. The van der Waals surface area contributed by atoms with E-state index < -0.39 is 5.25 Å². The number of hydrogen-bond donors (Lipinski definition) is 0. The first-order valence-electron chi connectivity index (χ1n) is 9.00. The van der Waals surface area contributed by atoms with E-state index in [1.807, 2.05) is 47.2 Å². The molecule has 29 heavy (non-hydrogen) atoms. The Hall–Kier alpha value is -3.19. The van der Waals surface area contributed by atoms with Crippen LogP contribution in [0.25, 0.3) is 27.8 Å². The number of methoxy groups -OCH3 is 1. The van der Waals surface area contributed by atoms with E-state index in [1.54, 1.807) is 13.0 Å². The van der Waals surface area contributed by atoms with Crippen molar-refractivity contribution in [1.82, 2.24) is 14.5 Å². The highest BCUT2D eigenvalue weighted by atomic mass is 32.2. The minimum atomic E-state index is -0.431. The van der Waals surface area contributed by atoms with Crippen LogP contribution in [-0.2, 0) is 9.53 Å². The quantitative estimate of drug-likeness (QED) is 0.268. The van der Waals surface area contributed by atoms with Crippen LogP contribution in [0.2, 0.25) is 0 Å². The number of aromatic nitrogens is 3. The molecular weight excluding hydrogens is 389 g/mol. The van der Waals surface area contributed by atoms with Crippen LogP contribution in [0.15, 0.2) is 72.1 Å². The highest BCUT2D eigenvalue weighted by Gasteiger charge is 2.22. The summed E-state index contributed by atoms with van der Waals surface area (Å²) in [6.45, 7) is 1.77. The van der Waals surface area contributed by atoms with Gasteiger partial charge in [0.05, 0.1) is 12.5 Å². The predicted octanol–water partition coefficient (Wildman–Crippen LogP) is 4.88. The van der Waals surface area contributed by atoms with Gasteiger partial charge in [0.1, 0.15) is 28.1 Å². The third-order valence-electron chi connectivity index (χ3n) is 4.54. The second-order valence-corrected chi connectivity index (χ2v) is 7.75.